The molecule has 0 fully saturated rings. The highest BCUT2D eigenvalue weighted by atomic mass is 35.5. The Labute approximate surface area is 120 Å². The number of benzene rings is 2. The van der Waals surface area contributed by atoms with Gasteiger partial charge in [0.1, 0.15) is 5.69 Å². The number of rotatable bonds is 4. The number of nitro groups is 1. The van der Waals surface area contributed by atoms with E-state index < -0.39 is 4.92 Å². The van der Waals surface area contributed by atoms with Crippen LogP contribution in [0.2, 0.25) is 5.02 Å². The third kappa shape index (κ3) is 3.13. The highest BCUT2D eigenvalue weighted by Gasteiger charge is 2.10. The Morgan fingerprint density at radius 3 is 2.70 bits per heavy atom. The molecule has 0 spiro atoms. The van der Waals surface area contributed by atoms with Gasteiger partial charge in [0.15, 0.2) is 5.75 Å². The van der Waals surface area contributed by atoms with E-state index in [1.165, 1.54) is 25.3 Å². The predicted molar refractivity (Wildman–Crippen MR) is 78.4 cm³/mol. The lowest BCUT2D eigenvalue weighted by atomic mass is 10.2. The Morgan fingerprint density at radius 1 is 1.30 bits per heavy atom. The molecular formula is C14H11ClN2O3. The van der Waals surface area contributed by atoms with Crippen LogP contribution in [0, 0.1) is 10.1 Å². The van der Waals surface area contributed by atoms with Crippen molar-refractivity contribution >= 4 is 29.2 Å². The maximum absolute atomic E-state index is 10.7. The molecule has 0 aliphatic heterocycles. The van der Waals surface area contributed by atoms with Gasteiger partial charge in [-0.1, -0.05) is 29.8 Å². The van der Waals surface area contributed by atoms with Crippen LogP contribution in [-0.2, 0) is 0 Å². The van der Waals surface area contributed by atoms with E-state index in [1.54, 1.807) is 12.3 Å². The van der Waals surface area contributed by atoms with Crippen LogP contribution in [0.1, 0.15) is 5.56 Å². The van der Waals surface area contributed by atoms with Crippen molar-refractivity contribution in [2.75, 3.05) is 7.11 Å². The Morgan fingerprint density at radius 2 is 2.05 bits per heavy atom. The maximum Gasteiger partial charge on any atom is 0.273 e. The van der Waals surface area contributed by atoms with Crippen LogP contribution in [-0.4, -0.2) is 18.2 Å². The summed E-state index contributed by atoms with van der Waals surface area (Å²) >= 11 is 6.02. The number of aliphatic imine (C=N–C) groups is 1. The third-order valence-electron chi connectivity index (χ3n) is 2.62. The lowest BCUT2D eigenvalue weighted by Crippen LogP contribution is -1.90. The zero-order valence-electron chi connectivity index (χ0n) is 10.6. The molecule has 0 atom stereocenters. The molecule has 20 heavy (non-hydrogen) atoms. The predicted octanol–water partition coefficient (Wildman–Crippen LogP) is 4.01. The summed E-state index contributed by atoms with van der Waals surface area (Å²) in [4.78, 5) is 14.5. The topological polar surface area (TPSA) is 64.7 Å². The molecule has 2 rings (SSSR count). The molecular weight excluding hydrogens is 280 g/mol. The van der Waals surface area contributed by atoms with Crippen LogP contribution in [0.15, 0.2) is 47.5 Å². The summed E-state index contributed by atoms with van der Waals surface area (Å²) in [5.41, 5.74) is 1.21. The summed E-state index contributed by atoms with van der Waals surface area (Å²) in [5.74, 6) is 0.336. The van der Waals surface area contributed by atoms with E-state index in [0.717, 1.165) is 5.56 Å². The fourth-order valence-electron chi connectivity index (χ4n) is 1.61. The molecule has 5 nitrogen and oxygen atoms in total. The molecule has 2 aromatic rings. The number of halogens is 1. The second-order valence-corrected chi connectivity index (χ2v) is 4.30. The lowest BCUT2D eigenvalue weighted by molar-refractivity contribution is -0.384. The van der Waals surface area contributed by atoms with Crippen LogP contribution < -0.4 is 4.74 Å². The molecule has 0 amide bonds. The maximum atomic E-state index is 10.7. The van der Waals surface area contributed by atoms with Crippen LogP contribution in [0.5, 0.6) is 5.75 Å². The number of hydrogen-bond acceptors (Lipinski definition) is 4. The number of ether oxygens (including phenoxy) is 1. The molecule has 0 heterocycles. The zero-order chi connectivity index (χ0) is 14.5. The van der Waals surface area contributed by atoms with Crippen LogP contribution in [0.3, 0.4) is 0 Å². The number of non-ortho nitro benzene ring substituents is 1. The molecule has 0 saturated heterocycles. The van der Waals surface area contributed by atoms with Gasteiger partial charge in [-0.2, -0.15) is 0 Å². The number of hydrogen-bond donors (Lipinski definition) is 0. The van der Waals surface area contributed by atoms with E-state index in [9.17, 15) is 10.1 Å². The van der Waals surface area contributed by atoms with Gasteiger partial charge in [0, 0.05) is 22.9 Å². The van der Waals surface area contributed by atoms with Gasteiger partial charge in [0.25, 0.3) is 5.69 Å². The van der Waals surface area contributed by atoms with Crippen molar-refractivity contribution in [3.05, 3.63) is 63.2 Å². The molecule has 0 N–H and O–H groups in total. The van der Waals surface area contributed by atoms with Crippen molar-refractivity contribution in [2.24, 2.45) is 4.99 Å². The van der Waals surface area contributed by atoms with E-state index in [0.29, 0.717) is 16.5 Å². The first-order valence-electron chi connectivity index (χ1n) is 5.73. The molecule has 0 aromatic heterocycles. The first-order chi connectivity index (χ1) is 9.61. The molecule has 0 bridgehead atoms. The van der Waals surface area contributed by atoms with Crippen LogP contribution in [0.4, 0.5) is 11.4 Å². The van der Waals surface area contributed by atoms with Gasteiger partial charge >= 0.3 is 0 Å². The summed E-state index contributed by atoms with van der Waals surface area (Å²) < 4.78 is 5.10. The monoisotopic (exact) mass is 290 g/mol. The van der Waals surface area contributed by atoms with Crippen molar-refractivity contribution < 1.29 is 9.66 Å². The van der Waals surface area contributed by atoms with E-state index in [1.807, 2.05) is 18.2 Å². The average molecular weight is 291 g/mol. The van der Waals surface area contributed by atoms with Gasteiger partial charge in [-0.15, -0.1) is 0 Å². The van der Waals surface area contributed by atoms with Gasteiger partial charge in [-0.25, -0.2) is 0 Å². The standard InChI is InChI=1S/C14H11ClN2O3/c1-20-14-8-11(17(18)19)6-7-13(14)16-9-10-4-2-3-5-12(10)15/h2-9H,1H3. The Bertz CT molecular complexity index is 671. The lowest BCUT2D eigenvalue weighted by Gasteiger charge is -2.04. The Hall–Kier alpha value is -2.40. The first kappa shape index (κ1) is 14.0. The fourth-order valence-corrected chi connectivity index (χ4v) is 1.79. The average Bonchev–Trinajstić information content (AvgIpc) is 2.46. The molecule has 2 aromatic carbocycles. The normalized spacial score (nSPS) is 10.7. The molecule has 0 aliphatic carbocycles. The van der Waals surface area contributed by atoms with Crippen LogP contribution in [0.25, 0.3) is 0 Å². The van der Waals surface area contributed by atoms with Gasteiger partial charge < -0.3 is 4.74 Å². The number of nitro benzene ring substituents is 1. The summed E-state index contributed by atoms with van der Waals surface area (Å²) in [6, 6.07) is 11.5. The summed E-state index contributed by atoms with van der Waals surface area (Å²) in [7, 11) is 1.44. The van der Waals surface area contributed by atoms with E-state index >= 15 is 0 Å². The minimum absolute atomic E-state index is 0.0430. The fraction of sp³-hybridized carbons (Fsp3) is 0.0714. The summed E-state index contributed by atoms with van der Waals surface area (Å²) in [5, 5.41) is 11.3. The Balaban J connectivity index is 2.34. The van der Waals surface area contributed by atoms with E-state index in [-0.39, 0.29) is 5.69 Å². The third-order valence-corrected chi connectivity index (χ3v) is 2.97. The smallest absolute Gasteiger partial charge is 0.273 e. The van der Waals surface area contributed by atoms with Gasteiger partial charge in [0.2, 0.25) is 0 Å². The molecule has 0 saturated carbocycles. The highest BCUT2D eigenvalue weighted by Crippen LogP contribution is 2.31. The first-order valence-corrected chi connectivity index (χ1v) is 6.10. The molecule has 6 heteroatoms. The van der Waals surface area contributed by atoms with Crippen molar-refractivity contribution in [1.29, 1.82) is 0 Å². The quantitative estimate of drug-likeness (QED) is 0.485. The van der Waals surface area contributed by atoms with Crippen molar-refractivity contribution in [3.8, 4) is 5.75 Å². The van der Waals surface area contributed by atoms with Gasteiger partial charge in [-0.3, -0.25) is 15.1 Å². The van der Waals surface area contributed by atoms with Crippen LogP contribution >= 0.6 is 11.6 Å². The molecule has 0 radical (unpaired) electrons. The van der Waals surface area contributed by atoms with Crippen molar-refractivity contribution in [3.63, 3.8) is 0 Å². The summed E-state index contributed by atoms with van der Waals surface area (Å²) in [6.45, 7) is 0. The van der Waals surface area contributed by atoms with Gasteiger partial charge in [-0.05, 0) is 12.1 Å². The molecule has 0 aliphatic rings. The second-order valence-electron chi connectivity index (χ2n) is 3.89. The number of methoxy groups -OCH3 is 1. The Kier molecular flexibility index (Phi) is 4.32. The molecule has 102 valence electrons. The minimum atomic E-state index is -0.482. The largest absolute Gasteiger partial charge is 0.494 e. The number of nitrogens with zero attached hydrogens (tertiary/aromatic N) is 2. The second kappa shape index (κ2) is 6.16. The summed E-state index contributed by atoms with van der Waals surface area (Å²) in [6.07, 6.45) is 1.59. The minimum Gasteiger partial charge on any atom is -0.494 e. The highest BCUT2D eigenvalue weighted by molar-refractivity contribution is 6.33. The van der Waals surface area contributed by atoms with Gasteiger partial charge in [0.05, 0.1) is 18.1 Å². The van der Waals surface area contributed by atoms with E-state index in [4.69, 9.17) is 16.3 Å². The van der Waals surface area contributed by atoms with Crippen molar-refractivity contribution in [2.45, 2.75) is 0 Å². The van der Waals surface area contributed by atoms with E-state index in [2.05, 4.69) is 4.99 Å². The zero-order valence-corrected chi connectivity index (χ0v) is 11.4. The SMILES string of the molecule is COc1cc([N+](=O)[O-])ccc1N=Cc1ccccc1Cl. The molecule has 0 unspecified atom stereocenters. The van der Waals surface area contributed by atoms with Crippen molar-refractivity contribution in [1.82, 2.24) is 0 Å².